The van der Waals surface area contributed by atoms with Gasteiger partial charge in [0.05, 0.1) is 4.88 Å². The minimum absolute atomic E-state index is 0.0826. The Morgan fingerprint density at radius 1 is 1.04 bits per heavy atom. The summed E-state index contributed by atoms with van der Waals surface area (Å²) in [6.45, 7) is 6.48. The minimum atomic E-state index is -0.0826. The van der Waals surface area contributed by atoms with E-state index in [0.29, 0.717) is 11.5 Å². The fourth-order valence-corrected chi connectivity index (χ4v) is 3.30. The molecule has 1 N–H and O–H groups in total. The number of rotatable bonds is 5. The molecule has 0 saturated heterocycles. The quantitative estimate of drug-likeness (QED) is 0.659. The van der Waals surface area contributed by atoms with E-state index < -0.39 is 0 Å². The van der Waals surface area contributed by atoms with Gasteiger partial charge in [-0.25, -0.2) is 0 Å². The van der Waals surface area contributed by atoms with Crippen LogP contribution in [0.4, 0.5) is 5.69 Å². The Morgan fingerprint density at radius 3 is 2.64 bits per heavy atom. The first-order valence-corrected chi connectivity index (χ1v) is 9.05. The number of amides is 1. The lowest BCUT2D eigenvalue weighted by Gasteiger charge is -2.08. The van der Waals surface area contributed by atoms with Crippen molar-refractivity contribution in [2.45, 2.75) is 27.4 Å². The molecule has 0 saturated carbocycles. The Bertz CT molecular complexity index is 898. The molecule has 0 aliphatic rings. The standard InChI is InChI=1S/C21H21NO2S/c1-14-8-9-15(2)18(10-14)22-21(23)20-11-17(13-25-20)12-24-19-7-5-4-6-16(19)3/h4-11,13H,12H2,1-3H3,(H,22,23). The van der Waals surface area contributed by atoms with E-state index >= 15 is 0 Å². The Morgan fingerprint density at radius 2 is 1.84 bits per heavy atom. The van der Waals surface area contributed by atoms with E-state index in [1.54, 1.807) is 0 Å². The SMILES string of the molecule is Cc1ccc(C)c(NC(=O)c2cc(COc3ccccc3C)cs2)c1. The van der Waals surface area contributed by atoms with Crippen LogP contribution in [0.1, 0.15) is 31.9 Å². The topological polar surface area (TPSA) is 38.3 Å². The van der Waals surface area contributed by atoms with Crippen LogP contribution in [0.25, 0.3) is 0 Å². The molecular formula is C21H21NO2S. The maximum absolute atomic E-state index is 12.5. The lowest BCUT2D eigenvalue weighted by atomic mass is 10.1. The molecule has 1 amide bonds. The van der Waals surface area contributed by atoms with Crippen LogP contribution in [0, 0.1) is 20.8 Å². The summed E-state index contributed by atoms with van der Waals surface area (Å²) in [5, 5.41) is 4.96. The molecule has 4 heteroatoms. The lowest BCUT2D eigenvalue weighted by Crippen LogP contribution is -2.11. The van der Waals surface area contributed by atoms with E-state index in [1.807, 2.05) is 74.7 Å². The number of anilines is 1. The number of benzene rings is 2. The third kappa shape index (κ3) is 4.28. The number of para-hydroxylation sites is 1. The predicted molar refractivity (Wildman–Crippen MR) is 104 cm³/mol. The first-order chi connectivity index (χ1) is 12.0. The first kappa shape index (κ1) is 17.2. The fraction of sp³-hybridized carbons (Fsp3) is 0.190. The number of ether oxygens (including phenoxy) is 1. The number of carbonyl (C=O) groups is 1. The molecule has 0 spiro atoms. The molecule has 0 aliphatic heterocycles. The van der Waals surface area contributed by atoms with Crippen LogP contribution < -0.4 is 10.1 Å². The summed E-state index contributed by atoms with van der Waals surface area (Å²) in [6, 6.07) is 15.9. The van der Waals surface area contributed by atoms with Gasteiger partial charge < -0.3 is 10.1 Å². The van der Waals surface area contributed by atoms with Gasteiger partial charge in [-0.1, -0.05) is 30.3 Å². The number of hydrogen-bond acceptors (Lipinski definition) is 3. The zero-order chi connectivity index (χ0) is 17.8. The molecule has 3 nitrogen and oxygen atoms in total. The molecule has 0 bridgehead atoms. The second kappa shape index (κ2) is 7.53. The van der Waals surface area contributed by atoms with Crippen molar-refractivity contribution < 1.29 is 9.53 Å². The summed E-state index contributed by atoms with van der Waals surface area (Å²) in [6.07, 6.45) is 0. The highest BCUT2D eigenvalue weighted by Gasteiger charge is 2.11. The van der Waals surface area contributed by atoms with Crippen LogP contribution >= 0.6 is 11.3 Å². The highest BCUT2D eigenvalue weighted by Crippen LogP contribution is 2.22. The van der Waals surface area contributed by atoms with Gasteiger partial charge in [-0.05, 0) is 61.0 Å². The van der Waals surface area contributed by atoms with Crippen molar-refractivity contribution in [3.05, 3.63) is 81.0 Å². The highest BCUT2D eigenvalue weighted by atomic mass is 32.1. The van der Waals surface area contributed by atoms with Gasteiger partial charge in [-0.2, -0.15) is 0 Å². The Kier molecular flexibility index (Phi) is 5.19. The largest absolute Gasteiger partial charge is 0.489 e. The smallest absolute Gasteiger partial charge is 0.265 e. The van der Waals surface area contributed by atoms with Gasteiger partial charge in [-0.3, -0.25) is 4.79 Å². The molecule has 128 valence electrons. The van der Waals surface area contributed by atoms with Gasteiger partial charge in [0.1, 0.15) is 12.4 Å². The summed E-state index contributed by atoms with van der Waals surface area (Å²) in [7, 11) is 0. The molecule has 3 aromatic rings. The Balaban J connectivity index is 1.65. The van der Waals surface area contributed by atoms with Crippen LogP contribution in [-0.4, -0.2) is 5.91 Å². The molecule has 0 aliphatic carbocycles. The average molecular weight is 351 g/mol. The summed E-state index contributed by atoms with van der Waals surface area (Å²) >= 11 is 1.43. The van der Waals surface area contributed by atoms with Crippen molar-refractivity contribution in [2.75, 3.05) is 5.32 Å². The Hall–Kier alpha value is -2.59. The summed E-state index contributed by atoms with van der Waals surface area (Å²) < 4.78 is 5.84. The van der Waals surface area contributed by atoms with E-state index in [0.717, 1.165) is 33.7 Å². The molecule has 1 heterocycles. The summed E-state index contributed by atoms with van der Waals surface area (Å²) in [4.78, 5) is 13.2. The van der Waals surface area contributed by atoms with Gasteiger partial charge in [0.15, 0.2) is 0 Å². The second-order valence-corrected chi connectivity index (χ2v) is 7.06. The molecule has 0 atom stereocenters. The third-order valence-electron chi connectivity index (χ3n) is 4.01. The maximum Gasteiger partial charge on any atom is 0.265 e. The van der Waals surface area contributed by atoms with Crippen molar-refractivity contribution in [3.8, 4) is 5.75 Å². The van der Waals surface area contributed by atoms with Gasteiger partial charge in [-0.15, -0.1) is 11.3 Å². The van der Waals surface area contributed by atoms with E-state index in [2.05, 4.69) is 5.32 Å². The van der Waals surface area contributed by atoms with Crippen molar-refractivity contribution in [1.82, 2.24) is 0 Å². The normalized spacial score (nSPS) is 10.5. The van der Waals surface area contributed by atoms with Crippen molar-refractivity contribution >= 4 is 22.9 Å². The maximum atomic E-state index is 12.5. The van der Waals surface area contributed by atoms with E-state index in [-0.39, 0.29) is 5.91 Å². The molecule has 0 fully saturated rings. The number of thiophene rings is 1. The van der Waals surface area contributed by atoms with E-state index in [9.17, 15) is 4.79 Å². The van der Waals surface area contributed by atoms with E-state index in [1.165, 1.54) is 11.3 Å². The Labute approximate surface area is 152 Å². The monoisotopic (exact) mass is 351 g/mol. The minimum Gasteiger partial charge on any atom is -0.489 e. The lowest BCUT2D eigenvalue weighted by molar-refractivity contribution is 0.103. The number of hydrogen-bond donors (Lipinski definition) is 1. The van der Waals surface area contributed by atoms with Crippen LogP contribution in [0.3, 0.4) is 0 Å². The number of carbonyl (C=O) groups excluding carboxylic acids is 1. The molecule has 0 radical (unpaired) electrons. The van der Waals surface area contributed by atoms with Gasteiger partial charge >= 0.3 is 0 Å². The highest BCUT2D eigenvalue weighted by molar-refractivity contribution is 7.12. The van der Waals surface area contributed by atoms with Crippen molar-refractivity contribution in [1.29, 1.82) is 0 Å². The third-order valence-corrected chi connectivity index (χ3v) is 4.98. The molecule has 25 heavy (non-hydrogen) atoms. The zero-order valence-electron chi connectivity index (χ0n) is 14.6. The fourth-order valence-electron chi connectivity index (χ4n) is 2.50. The number of nitrogens with one attached hydrogen (secondary N) is 1. The van der Waals surface area contributed by atoms with Crippen LogP contribution in [-0.2, 0) is 6.61 Å². The molecule has 1 aromatic heterocycles. The van der Waals surface area contributed by atoms with Crippen LogP contribution in [0.15, 0.2) is 53.9 Å². The number of aryl methyl sites for hydroxylation is 3. The van der Waals surface area contributed by atoms with Gasteiger partial charge in [0.2, 0.25) is 0 Å². The van der Waals surface area contributed by atoms with Gasteiger partial charge in [0, 0.05) is 11.3 Å². The average Bonchev–Trinajstić information content (AvgIpc) is 3.06. The van der Waals surface area contributed by atoms with Crippen molar-refractivity contribution in [2.24, 2.45) is 0 Å². The first-order valence-electron chi connectivity index (χ1n) is 8.17. The zero-order valence-corrected chi connectivity index (χ0v) is 15.4. The van der Waals surface area contributed by atoms with Gasteiger partial charge in [0.25, 0.3) is 5.91 Å². The molecular weight excluding hydrogens is 330 g/mol. The van der Waals surface area contributed by atoms with Crippen molar-refractivity contribution in [3.63, 3.8) is 0 Å². The summed E-state index contributed by atoms with van der Waals surface area (Å²) in [5.41, 5.74) is 5.14. The van der Waals surface area contributed by atoms with Crippen LogP contribution in [0.5, 0.6) is 5.75 Å². The van der Waals surface area contributed by atoms with Crippen LogP contribution in [0.2, 0.25) is 0 Å². The second-order valence-electron chi connectivity index (χ2n) is 6.15. The summed E-state index contributed by atoms with van der Waals surface area (Å²) in [5.74, 6) is 0.788. The molecule has 3 rings (SSSR count). The predicted octanol–water partition coefficient (Wildman–Crippen LogP) is 5.50. The van der Waals surface area contributed by atoms with E-state index in [4.69, 9.17) is 4.74 Å². The molecule has 2 aromatic carbocycles. The molecule has 0 unspecified atom stereocenters.